The minimum absolute atomic E-state index is 0.210. The zero-order valence-corrected chi connectivity index (χ0v) is 13.3. The van der Waals surface area contributed by atoms with Crippen molar-refractivity contribution in [3.63, 3.8) is 0 Å². The van der Waals surface area contributed by atoms with Gasteiger partial charge in [-0.2, -0.15) is 0 Å². The molecular weight excluding hydrogens is 228 g/mol. The molecule has 0 amide bonds. The first-order valence-corrected chi connectivity index (χ1v) is 7.05. The van der Waals surface area contributed by atoms with Crippen LogP contribution in [0.25, 0.3) is 5.57 Å². The van der Waals surface area contributed by atoms with Crippen LogP contribution in [-0.4, -0.2) is 0 Å². The Morgan fingerprint density at radius 3 is 1.95 bits per heavy atom. The van der Waals surface area contributed by atoms with Crippen molar-refractivity contribution in [2.45, 2.75) is 47.0 Å². The second-order valence-corrected chi connectivity index (χ2v) is 5.19. The van der Waals surface area contributed by atoms with Gasteiger partial charge in [0.1, 0.15) is 0 Å². The molecule has 0 saturated carbocycles. The van der Waals surface area contributed by atoms with Gasteiger partial charge in [-0.3, -0.25) is 0 Å². The molecule has 0 nitrogen and oxygen atoms in total. The molecule has 1 aromatic carbocycles. The summed E-state index contributed by atoms with van der Waals surface area (Å²) in [7, 11) is 0. The zero-order valence-electron chi connectivity index (χ0n) is 13.3. The van der Waals surface area contributed by atoms with Crippen LogP contribution < -0.4 is 0 Å². The molecule has 0 fully saturated rings. The molecule has 19 heavy (non-hydrogen) atoms. The summed E-state index contributed by atoms with van der Waals surface area (Å²) in [6, 6.07) is 8.76. The number of benzene rings is 1. The van der Waals surface area contributed by atoms with Crippen molar-refractivity contribution in [3.05, 3.63) is 66.3 Å². The van der Waals surface area contributed by atoms with Gasteiger partial charge >= 0.3 is 0 Å². The molecule has 1 rings (SSSR count). The monoisotopic (exact) mass is 256 g/mol. The normalized spacial score (nSPS) is 12.0. The maximum Gasteiger partial charge on any atom is -0.0132 e. The Balaban J connectivity index is 0.00000154. The third kappa shape index (κ3) is 5.74. The summed E-state index contributed by atoms with van der Waals surface area (Å²) >= 11 is 0. The lowest BCUT2D eigenvalue weighted by Gasteiger charge is -2.19. The first kappa shape index (κ1) is 17.4. The molecule has 0 aliphatic heterocycles. The Kier molecular flexibility index (Phi) is 7.83. The molecule has 0 heterocycles. The van der Waals surface area contributed by atoms with E-state index in [0.29, 0.717) is 0 Å². The van der Waals surface area contributed by atoms with Gasteiger partial charge in [-0.1, -0.05) is 89.8 Å². The molecule has 0 unspecified atom stereocenters. The predicted octanol–water partition coefficient (Wildman–Crippen LogP) is 6.16. The summed E-state index contributed by atoms with van der Waals surface area (Å²) < 4.78 is 0. The number of hydrogen-bond acceptors (Lipinski definition) is 0. The van der Waals surface area contributed by atoms with E-state index in [4.69, 9.17) is 0 Å². The highest BCUT2D eigenvalue weighted by atomic mass is 14.2. The van der Waals surface area contributed by atoms with Gasteiger partial charge in [0.25, 0.3) is 0 Å². The molecule has 0 aliphatic rings. The maximum atomic E-state index is 3.75. The van der Waals surface area contributed by atoms with E-state index in [1.165, 1.54) is 16.7 Å². The molecule has 0 aromatic heterocycles. The van der Waals surface area contributed by atoms with Crippen molar-refractivity contribution in [1.29, 1.82) is 0 Å². The summed E-state index contributed by atoms with van der Waals surface area (Å²) in [5, 5.41) is 0. The summed E-state index contributed by atoms with van der Waals surface area (Å²) in [4.78, 5) is 0. The van der Waals surface area contributed by atoms with E-state index < -0.39 is 0 Å². The fraction of sp³-hybridized carbons (Fsp3) is 0.368. The molecule has 104 valence electrons. The summed E-state index contributed by atoms with van der Waals surface area (Å²) in [5.41, 5.74) is 4.00. The second kappa shape index (κ2) is 8.53. The van der Waals surface area contributed by atoms with Crippen LogP contribution in [0.2, 0.25) is 0 Å². The molecule has 0 spiro atoms. The summed E-state index contributed by atoms with van der Waals surface area (Å²) in [6.07, 6.45) is 8.01. The first-order valence-electron chi connectivity index (χ1n) is 7.05. The molecule has 0 atom stereocenters. The highest BCUT2D eigenvalue weighted by Crippen LogP contribution is 2.24. The van der Waals surface area contributed by atoms with E-state index in [9.17, 15) is 0 Å². The van der Waals surface area contributed by atoms with Crippen LogP contribution in [0.3, 0.4) is 0 Å². The van der Waals surface area contributed by atoms with Gasteiger partial charge in [0.2, 0.25) is 0 Å². The zero-order chi connectivity index (χ0) is 14.9. The SMILES string of the molecule is C=C/C=C(\C=C/C)c1ccc(C(C)(C)C)cc1.CC. The van der Waals surface area contributed by atoms with Gasteiger partial charge in [0.05, 0.1) is 0 Å². The lowest BCUT2D eigenvalue weighted by Crippen LogP contribution is -2.10. The average Bonchev–Trinajstić information content (AvgIpc) is 2.40. The van der Waals surface area contributed by atoms with Gasteiger partial charge < -0.3 is 0 Å². The van der Waals surface area contributed by atoms with Crippen LogP contribution in [0.5, 0.6) is 0 Å². The van der Waals surface area contributed by atoms with Crippen molar-refractivity contribution in [2.24, 2.45) is 0 Å². The van der Waals surface area contributed by atoms with E-state index in [1.807, 2.05) is 39.0 Å². The average molecular weight is 256 g/mol. The minimum atomic E-state index is 0.210. The molecule has 0 N–H and O–H groups in total. The van der Waals surface area contributed by atoms with E-state index in [2.05, 4.69) is 57.7 Å². The Bertz CT molecular complexity index is 422. The van der Waals surface area contributed by atoms with Gasteiger partial charge in [-0.15, -0.1) is 0 Å². The van der Waals surface area contributed by atoms with Crippen molar-refractivity contribution in [1.82, 2.24) is 0 Å². The fourth-order valence-electron chi connectivity index (χ4n) is 1.72. The van der Waals surface area contributed by atoms with E-state index in [0.717, 1.165) is 0 Å². The summed E-state index contributed by atoms with van der Waals surface area (Å²) in [5.74, 6) is 0. The Labute approximate surface area is 119 Å². The smallest absolute Gasteiger partial charge is 0.0132 e. The Morgan fingerprint density at radius 1 is 1.05 bits per heavy atom. The van der Waals surface area contributed by atoms with Gasteiger partial charge in [0.15, 0.2) is 0 Å². The standard InChI is InChI=1S/C17H22.C2H6/c1-6-8-14(9-7-2)15-10-12-16(13-11-15)17(3,4)5;1-2/h6-13H,1H2,2-5H3;1-2H3/b9-7-,14-8+;. The van der Waals surface area contributed by atoms with Crippen LogP contribution >= 0.6 is 0 Å². The number of hydrogen-bond donors (Lipinski definition) is 0. The lowest BCUT2D eigenvalue weighted by molar-refractivity contribution is 0.590. The third-order valence-corrected chi connectivity index (χ3v) is 2.73. The number of rotatable bonds is 3. The topological polar surface area (TPSA) is 0 Å². The quantitative estimate of drug-likeness (QED) is 0.568. The Hall–Kier alpha value is -1.56. The third-order valence-electron chi connectivity index (χ3n) is 2.73. The molecule has 0 saturated heterocycles. The van der Waals surface area contributed by atoms with Gasteiger partial charge in [0, 0.05) is 0 Å². The van der Waals surface area contributed by atoms with E-state index in [-0.39, 0.29) is 5.41 Å². The van der Waals surface area contributed by atoms with Crippen LogP contribution in [0.1, 0.15) is 52.7 Å². The van der Waals surface area contributed by atoms with E-state index in [1.54, 1.807) is 0 Å². The lowest BCUT2D eigenvalue weighted by atomic mass is 9.86. The predicted molar refractivity (Wildman–Crippen MR) is 89.5 cm³/mol. The van der Waals surface area contributed by atoms with Crippen molar-refractivity contribution < 1.29 is 0 Å². The minimum Gasteiger partial charge on any atom is -0.0990 e. The molecule has 1 aromatic rings. The van der Waals surface area contributed by atoms with Crippen LogP contribution in [0.4, 0.5) is 0 Å². The van der Waals surface area contributed by atoms with Gasteiger partial charge in [-0.25, -0.2) is 0 Å². The molecular formula is C19H28. The van der Waals surface area contributed by atoms with Crippen LogP contribution in [0, 0.1) is 0 Å². The summed E-state index contributed by atoms with van der Waals surface area (Å²) in [6.45, 7) is 16.5. The largest absolute Gasteiger partial charge is 0.0990 e. The second-order valence-electron chi connectivity index (χ2n) is 5.19. The van der Waals surface area contributed by atoms with Crippen molar-refractivity contribution in [3.8, 4) is 0 Å². The maximum absolute atomic E-state index is 3.75. The molecule has 0 heteroatoms. The van der Waals surface area contributed by atoms with Crippen molar-refractivity contribution in [2.75, 3.05) is 0 Å². The molecule has 0 bridgehead atoms. The highest BCUT2D eigenvalue weighted by molar-refractivity contribution is 5.75. The van der Waals surface area contributed by atoms with E-state index >= 15 is 0 Å². The molecule has 0 radical (unpaired) electrons. The van der Waals surface area contributed by atoms with Crippen LogP contribution in [-0.2, 0) is 5.41 Å². The van der Waals surface area contributed by atoms with Crippen molar-refractivity contribution >= 4 is 5.57 Å². The highest BCUT2D eigenvalue weighted by Gasteiger charge is 2.12. The fourth-order valence-corrected chi connectivity index (χ4v) is 1.72. The first-order chi connectivity index (χ1) is 8.99. The van der Waals surface area contributed by atoms with Gasteiger partial charge in [-0.05, 0) is 29.0 Å². The van der Waals surface area contributed by atoms with Crippen LogP contribution in [0.15, 0.2) is 55.1 Å². The number of allylic oxidation sites excluding steroid dienone is 5. The Morgan fingerprint density at radius 2 is 1.58 bits per heavy atom. The molecule has 0 aliphatic carbocycles.